The van der Waals surface area contributed by atoms with Crippen LogP contribution < -0.4 is 10.6 Å². The molecule has 1 aliphatic heterocycles. The molecule has 1 fully saturated rings. The SMILES string of the molecule is C[C@@H]1CCCN1C(=O)Cc1ccc(NC(=O)NCc2ccc(Cl)cc2)cc1. The zero-order valence-electron chi connectivity index (χ0n) is 15.4. The minimum atomic E-state index is -0.278. The molecule has 0 radical (unpaired) electrons. The van der Waals surface area contributed by atoms with E-state index in [4.69, 9.17) is 11.6 Å². The molecule has 1 aliphatic rings. The van der Waals surface area contributed by atoms with E-state index in [-0.39, 0.29) is 11.9 Å². The molecule has 3 rings (SSSR count). The smallest absolute Gasteiger partial charge is 0.319 e. The lowest BCUT2D eigenvalue weighted by atomic mass is 10.1. The van der Waals surface area contributed by atoms with E-state index in [1.807, 2.05) is 41.3 Å². The van der Waals surface area contributed by atoms with Crippen LogP contribution >= 0.6 is 11.6 Å². The number of likely N-dealkylation sites (tertiary alicyclic amines) is 1. The highest BCUT2D eigenvalue weighted by Crippen LogP contribution is 2.18. The largest absolute Gasteiger partial charge is 0.340 e. The molecule has 2 aromatic rings. The number of amides is 3. The van der Waals surface area contributed by atoms with Gasteiger partial charge in [0, 0.05) is 29.8 Å². The molecule has 0 unspecified atom stereocenters. The Morgan fingerprint density at radius 2 is 1.74 bits per heavy atom. The molecule has 0 aliphatic carbocycles. The van der Waals surface area contributed by atoms with Gasteiger partial charge in [0.2, 0.25) is 5.91 Å². The van der Waals surface area contributed by atoms with Crippen LogP contribution in [0.2, 0.25) is 5.02 Å². The zero-order valence-corrected chi connectivity index (χ0v) is 16.1. The van der Waals surface area contributed by atoms with Gasteiger partial charge in [0.05, 0.1) is 6.42 Å². The quantitative estimate of drug-likeness (QED) is 0.809. The zero-order chi connectivity index (χ0) is 19.2. The third-order valence-electron chi connectivity index (χ3n) is 4.81. The van der Waals surface area contributed by atoms with Gasteiger partial charge in [-0.1, -0.05) is 35.9 Å². The summed E-state index contributed by atoms with van der Waals surface area (Å²) < 4.78 is 0. The van der Waals surface area contributed by atoms with Crippen molar-refractivity contribution in [1.29, 1.82) is 0 Å². The monoisotopic (exact) mass is 385 g/mol. The second-order valence-corrected chi connectivity index (χ2v) is 7.32. The average molecular weight is 386 g/mol. The number of anilines is 1. The first-order valence-electron chi connectivity index (χ1n) is 9.19. The number of rotatable bonds is 5. The van der Waals surface area contributed by atoms with Crippen molar-refractivity contribution in [3.63, 3.8) is 0 Å². The van der Waals surface area contributed by atoms with Crippen molar-refractivity contribution in [2.75, 3.05) is 11.9 Å². The molecule has 0 bridgehead atoms. The number of urea groups is 1. The highest BCUT2D eigenvalue weighted by Gasteiger charge is 2.24. The van der Waals surface area contributed by atoms with Crippen molar-refractivity contribution < 1.29 is 9.59 Å². The molecule has 27 heavy (non-hydrogen) atoms. The summed E-state index contributed by atoms with van der Waals surface area (Å²) in [7, 11) is 0. The van der Waals surface area contributed by atoms with Crippen LogP contribution in [0.3, 0.4) is 0 Å². The molecule has 2 N–H and O–H groups in total. The summed E-state index contributed by atoms with van der Waals surface area (Å²) >= 11 is 5.85. The van der Waals surface area contributed by atoms with Gasteiger partial charge in [-0.05, 0) is 55.2 Å². The first-order valence-corrected chi connectivity index (χ1v) is 9.57. The van der Waals surface area contributed by atoms with E-state index >= 15 is 0 Å². The van der Waals surface area contributed by atoms with Crippen molar-refractivity contribution in [3.8, 4) is 0 Å². The molecule has 1 heterocycles. The van der Waals surface area contributed by atoms with Crippen LogP contribution in [0, 0.1) is 0 Å². The molecule has 1 atom stereocenters. The Labute approximate surface area is 164 Å². The first-order chi connectivity index (χ1) is 13.0. The van der Waals surface area contributed by atoms with Crippen molar-refractivity contribution in [2.45, 2.75) is 38.8 Å². The predicted molar refractivity (Wildman–Crippen MR) is 108 cm³/mol. The number of carbonyl (C=O) groups excluding carboxylic acids is 2. The van der Waals surface area contributed by atoms with Gasteiger partial charge >= 0.3 is 6.03 Å². The predicted octanol–water partition coefficient (Wildman–Crippen LogP) is 4.22. The number of nitrogens with zero attached hydrogens (tertiary/aromatic N) is 1. The summed E-state index contributed by atoms with van der Waals surface area (Å²) in [5, 5.41) is 6.26. The van der Waals surface area contributed by atoms with Crippen LogP contribution in [0.15, 0.2) is 48.5 Å². The van der Waals surface area contributed by atoms with Crippen LogP contribution in [0.25, 0.3) is 0 Å². The second kappa shape index (κ2) is 8.91. The fourth-order valence-electron chi connectivity index (χ4n) is 3.25. The molecular formula is C21H24ClN3O2. The van der Waals surface area contributed by atoms with Gasteiger partial charge in [0.15, 0.2) is 0 Å². The standard InChI is InChI=1S/C21H24ClN3O2/c1-15-3-2-12-25(15)20(26)13-16-6-10-19(11-7-16)24-21(27)23-14-17-4-8-18(22)9-5-17/h4-11,15H,2-3,12-14H2,1H3,(H2,23,24,27)/t15-/m1/s1. The maximum absolute atomic E-state index is 12.4. The van der Waals surface area contributed by atoms with Gasteiger partial charge in [0.1, 0.15) is 0 Å². The fourth-order valence-corrected chi connectivity index (χ4v) is 3.37. The van der Waals surface area contributed by atoms with Gasteiger partial charge in [-0.3, -0.25) is 4.79 Å². The first kappa shape index (κ1) is 19.2. The summed E-state index contributed by atoms with van der Waals surface area (Å²) in [5.41, 5.74) is 2.61. The normalized spacial score (nSPS) is 16.2. The third kappa shape index (κ3) is 5.47. The van der Waals surface area contributed by atoms with E-state index in [1.165, 1.54) is 0 Å². The van der Waals surface area contributed by atoms with E-state index in [0.717, 1.165) is 30.5 Å². The lowest BCUT2D eigenvalue weighted by molar-refractivity contribution is -0.130. The molecule has 1 saturated heterocycles. The highest BCUT2D eigenvalue weighted by molar-refractivity contribution is 6.30. The number of carbonyl (C=O) groups is 2. The van der Waals surface area contributed by atoms with E-state index in [9.17, 15) is 9.59 Å². The molecule has 0 spiro atoms. The second-order valence-electron chi connectivity index (χ2n) is 6.89. The third-order valence-corrected chi connectivity index (χ3v) is 5.06. The molecule has 6 heteroatoms. The lowest BCUT2D eigenvalue weighted by Crippen LogP contribution is -2.34. The molecule has 5 nitrogen and oxygen atoms in total. The fraction of sp³-hybridized carbons (Fsp3) is 0.333. The van der Waals surface area contributed by atoms with Crippen molar-refractivity contribution in [2.24, 2.45) is 0 Å². The Hall–Kier alpha value is -2.53. The van der Waals surface area contributed by atoms with E-state index in [0.29, 0.717) is 29.7 Å². The van der Waals surface area contributed by atoms with Gasteiger partial charge in [0.25, 0.3) is 0 Å². The van der Waals surface area contributed by atoms with Crippen LogP contribution in [0.1, 0.15) is 30.9 Å². The maximum atomic E-state index is 12.4. The molecule has 2 aromatic carbocycles. The van der Waals surface area contributed by atoms with Crippen LogP contribution in [0.4, 0.5) is 10.5 Å². The van der Waals surface area contributed by atoms with Crippen LogP contribution in [0.5, 0.6) is 0 Å². The Morgan fingerprint density at radius 3 is 2.37 bits per heavy atom. The van der Waals surface area contributed by atoms with E-state index in [2.05, 4.69) is 17.6 Å². The Kier molecular flexibility index (Phi) is 6.35. The Bertz CT molecular complexity index is 790. The number of halogens is 1. The van der Waals surface area contributed by atoms with Crippen LogP contribution in [-0.4, -0.2) is 29.4 Å². The maximum Gasteiger partial charge on any atom is 0.319 e. The van der Waals surface area contributed by atoms with Gasteiger partial charge < -0.3 is 15.5 Å². The summed E-state index contributed by atoms with van der Waals surface area (Å²) in [5.74, 6) is 0.168. The van der Waals surface area contributed by atoms with Gasteiger partial charge in [-0.15, -0.1) is 0 Å². The van der Waals surface area contributed by atoms with Gasteiger partial charge in [-0.25, -0.2) is 4.79 Å². The van der Waals surface area contributed by atoms with Crippen molar-refractivity contribution >= 4 is 29.2 Å². The molecule has 0 saturated carbocycles. The molecule has 3 amide bonds. The van der Waals surface area contributed by atoms with Gasteiger partial charge in [-0.2, -0.15) is 0 Å². The van der Waals surface area contributed by atoms with E-state index < -0.39 is 0 Å². The lowest BCUT2D eigenvalue weighted by Gasteiger charge is -2.21. The summed E-state index contributed by atoms with van der Waals surface area (Å²) in [6.07, 6.45) is 2.56. The average Bonchev–Trinajstić information content (AvgIpc) is 3.09. The number of hydrogen-bond donors (Lipinski definition) is 2. The summed E-state index contributed by atoms with van der Waals surface area (Å²) in [6, 6.07) is 14.8. The minimum Gasteiger partial charge on any atom is -0.340 e. The van der Waals surface area contributed by atoms with E-state index in [1.54, 1.807) is 12.1 Å². The number of hydrogen-bond acceptors (Lipinski definition) is 2. The Morgan fingerprint density at radius 1 is 1.07 bits per heavy atom. The molecule has 0 aromatic heterocycles. The number of nitrogens with one attached hydrogen (secondary N) is 2. The molecule has 142 valence electrons. The van der Waals surface area contributed by atoms with Crippen molar-refractivity contribution in [1.82, 2.24) is 10.2 Å². The van der Waals surface area contributed by atoms with Crippen molar-refractivity contribution in [3.05, 3.63) is 64.7 Å². The summed E-state index contributed by atoms with van der Waals surface area (Å²) in [6.45, 7) is 3.37. The Balaban J connectivity index is 1.47. The number of benzene rings is 2. The minimum absolute atomic E-state index is 0.168. The topological polar surface area (TPSA) is 61.4 Å². The molecular weight excluding hydrogens is 362 g/mol. The summed E-state index contributed by atoms with van der Waals surface area (Å²) in [4.78, 5) is 26.3. The highest BCUT2D eigenvalue weighted by atomic mass is 35.5. The van der Waals surface area contributed by atoms with Crippen LogP contribution in [-0.2, 0) is 17.8 Å².